The number of carbonyl (C=O) groups excluding carboxylic acids is 3. The lowest BCUT2D eigenvalue weighted by atomic mass is 9.81. The zero-order chi connectivity index (χ0) is 25.7. The number of fused-ring (bicyclic) bond motifs is 1. The number of hydrogen-bond acceptors (Lipinski definition) is 6. The van der Waals surface area contributed by atoms with E-state index in [2.05, 4.69) is 5.32 Å². The van der Waals surface area contributed by atoms with Crippen LogP contribution in [0.15, 0.2) is 72.8 Å². The summed E-state index contributed by atoms with van der Waals surface area (Å²) in [6, 6.07) is 23.0. The normalized spacial score (nSPS) is 23.1. The van der Waals surface area contributed by atoms with E-state index in [4.69, 9.17) is 10.5 Å². The van der Waals surface area contributed by atoms with Gasteiger partial charge in [-0.3, -0.25) is 25.0 Å². The van der Waals surface area contributed by atoms with Gasteiger partial charge in [0.1, 0.15) is 0 Å². The minimum Gasteiger partial charge on any atom is -0.411 e. The second-order valence-electron chi connectivity index (χ2n) is 9.29. The van der Waals surface area contributed by atoms with Crippen molar-refractivity contribution in [3.05, 3.63) is 95.1 Å². The molecule has 2 aliphatic rings. The van der Waals surface area contributed by atoms with Crippen LogP contribution in [0.1, 0.15) is 36.1 Å². The third-order valence-electron chi connectivity index (χ3n) is 7.03. The fourth-order valence-electron chi connectivity index (χ4n) is 5.20. The molecule has 0 aliphatic carbocycles. The molecular formula is C28H28N4O4. The van der Waals surface area contributed by atoms with E-state index >= 15 is 0 Å². The molecule has 2 unspecified atom stereocenters. The number of nitrogens with zero attached hydrogens (tertiary/aromatic N) is 2. The third kappa shape index (κ3) is 3.66. The van der Waals surface area contributed by atoms with Crippen molar-refractivity contribution >= 4 is 17.8 Å². The Hall–Kier alpha value is -4.01. The Kier molecular flexibility index (Phi) is 5.65. The van der Waals surface area contributed by atoms with E-state index in [-0.39, 0.29) is 11.8 Å². The Morgan fingerprint density at radius 2 is 1.64 bits per heavy atom. The first kappa shape index (κ1) is 23.7. The maximum absolute atomic E-state index is 13.9. The van der Waals surface area contributed by atoms with E-state index in [0.29, 0.717) is 24.2 Å². The highest BCUT2D eigenvalue weighted by molar-refractivity contribution is 5.95. The predicted molar refractivity (Wildman–Crippen MR) is 134 cm³/mol. The average Bonchev–Trinajstić information content (AvgIpc) is 3.39. The molecule has 2 amide bonds. The topological polar surface area (TPSA) is 105 Å². The molecule has 2 heterocycles. The number of hydrogen-bond donors (Lipinski definition) is 2. The minimum atomic E-state index is -1.83. The molecule has 0 radical (unpaired) electrons. The van der Waals surface area contributed by atoms with Gasteiger partial charge in [0, 0.05) is 34.0 Å². The number of amides is 2. The lowest BCUT2D eigenvalue weighted by molar-refractivity contribution is -0.180. The first-order valence-corrected chi connectivity index (χ1v) is 11.7. The SMILES string of the molecule is CC(=O)OC1(N)NC(c2ccccc2)(c2cccc(-c3cccc4c3CN(C(C)=O)C4)c2)C(=O)N1C. The Labute approximate surface area is 209 Å². The van der Waals surface area contributed by atoms with Crippen molar-refractivity contribution in [1.82, 2.24) is 15.1 Å². The summed E-state index contributed by atoms with van der Waals surface area (Å²) in [5, 5.41) is 3.16. The van der Waals surface area contributed by atoms with Crippen molar-refractivity contribution in [2.24, 2.45) is 5.73 Å². The summed E-state index contributed by atoms with van der Waals surface area (Å²) in [6.45, 7) is 3.94. The first-order valence-electron chi connectivity index (χ1n) is 11.7. The van der Waals surface area contributed by atoms with Crippen molar-refractivity contribution in [1.29, 1.82) is 0 Å². The van der Waals surface area contributed by atoms with Crippen LogP contribution < -0.4 is 11.1 Å². The summed E-state index contributed by atoms with van der Waals surface area (Å²) in [4.78, 5) is 40.8. The molecule has 184 valence electrons. The molecule has 2 aliphatic heterocycles. The van der Waals surface area contributed by atoms with E-state index in [1.165, 1.54) is 18.9 Å². The van der Waals surface area contributed by atoms with Gasteiger partial charge in [-0.25, -0.2) is 5.32 Å². The zero-order valence-electron chi connectivity index (χ0n) is 20.4. The smallest absolute Gasteiger partial charge is 0.307 e. The molecule has 8 heteroatoms. The summed E-state index contributed by atoms with van der Waals surface area (Å²) < 4.78 is 5.38. The van der Waals surface area contributed by atoms with Gasteiger partial charge in [0.15, 0.2) is 5.54 Å². The molecule has 3 aromatic carbocycles. The van der Waals surface area contributed by atoms with Gasteiger partial charge in [-0.15, -0.1) is 0 Å². The maximum atomic E-state index is 13.9. The van der Waals surface area contributed by atoms with Gasteiger partial charge >= 0.3 is 11.9 Å². The van der Waals surface area contributed by atoms with Crippen molar-refractivity contribution in [3.63, 3.8) is 0 Å². The molecule has 3 N–H and O–H groups in total. The van der Waals surface area contributed by atoms with Crippen LogP contribution in [0, 0.1) is 0 Å². The van der Waals surface area contributed by atoms with Gasteiger partial charge in [0.2, 0.25) is 5.91 Å². The third-order valence-corrected chi connectivity index (χ3v) is 7.03. The van der Waals surface area contributed by atoms with Crippen molar-refractivity contribution < 1.29 is 19.1 Å². The summed E-state index contributed by atoms with van der Waals surface area (Å²) in [5.41, 5.74) is 10.5. The number of nitrogens with two attached hydrogens (primary N) is 1. The zero-order valence-corrected chi connectivity index (χ0v) is 20.4. The fourth-order valence-corrected chi connectivity index (χ4v) is 5.20. The van der Waals surface area contributed by atoms with E-state index in [1.807, 2.05) is 77.7 Å². The fraction of sp³-hybridized carbons (Fsp3) is 0.250. The average molecular weight is 485 g/mol. The van der Waals surface area contributed by atoms with E-state index in [1.54, 1.807) is 6.92 Å². The molecular weight excluding hydrogens is 456 g/mol. The molecule has 0 spiro atoms. The minimum absolute atomic E-state index is 0.0301. The number of ether oxygens (including phenoxy) is 1. The Morgan fingerprint density at radius 1 is 0.944 bits per heavy atom. The number of carbonyl (C=O) groups is 3. The van der Waals surface area contributed by atoms with Crippen LogP contribution in [0.25, 0.3) is 11.1 Å². The van der Waals surface area contributed by atoms with Crippen LogP contribution in [-0.4, -0.2) is 40.6 Å². The number of rotatable bonds is 4. The largest absolute Gasteiger partial charge is 0.411 e. The van der Waals surface area contributed by atoms with Crippen molar-refractivity contribution in [2.45, 2.75) is 38.4 Å². The molecule has 5 rings (SSSR count). The van der Waals surface area contributed by atoms with Gasteiger partial charge in [-0.05, 0) is 39.4 Å². The molecule has 0 saturated carbocycles. The summed E-state index contributed by atoms with van der Waals surface area (Å²) >= 11 is 0. The van der Waals surface area contributed by atoms with E-state index in [9.17, 15) is 14.4 Å². The van der Waals surface area contributed by atoms with Gasteiger partial charge in [-0.2, -0.15) is 0 Å². The van der Waals surface area contributed by atoms with Gasteiger partial charge in [-0.1, -0.05) is 66.7 Å². The Bertz CT molecular complexity index is 1370. The van der Waals surface area contributed by atoms with Crippen molar-refractivity contribution in [2.75, 3.05) is 7.05 Å². The Balaban J connectivity index is 1.66. The summed E-state index contributed by atoms with van der Waals surface area (Å²) in [5.74, 6) is -2.76. The maximum Gasteiger partial charge on any atom is 0.307 e. The van der Waals surface area contributed by atoms with Gasteiger partial charge in [0.25, 0.3) is 5.91 Å². The van der Waals surface area contributed by atoms with Crippen LogP contribution >= 0.6 is 0 Å². The quantitative estimate of drug-likeness (QED) is 0.436. The highest BCUT2D eigenvalue weighted by Crippen LogP contribution is 2.41. The van der Waals surface area contributed by atoms with Crippen molar-refractivity contribution in [3.8, 4) is 11.1 Å². The van der Waals surface area contributed by atoms with Crippen LogP contribution in [0.3, 0.4) is 0 Å². The van der Waals surface area contributed by atoms with E-state index in [0.717, 1.165) is 22.3 Å². The summed E-state index contributed by atoms with van der Waals surface area (Å²) in [7, 11) is 1.51. The molecule has 36 heavy (non-hydrogen) atoms. The number of esters is 1. The highest BCUT2D eigenvalue weighted by Gasteiger charge is 2.60. The second kappa shape index (κ2) is 8.58. The second-order valence-corrected chi connectivity index (χ2v) is 9.29. The van der Waals surface area contributed by atoms with E-state index < -0.39 is 17.5 Å². The predicted octanol–water partition coefficient (Wildman–Crippen LogP) is 2.65. The first-order chi connectivity index (χ1) is 17.2. The van der Waals surface area contributed by atoms with Crippen LogP contribution in [0.4, 0.5) is 0 Å². The number of likely N-dealkylation sites (N-methyl/N-ethyl adjacent to an activating group) is 1. The lowest BCUT2D eigenvalue weighted by Crippen LogP contribution is -2.63. The standard InChI is InChI=1S/C28H28N4O4/c1-18(33)32-16-21-10-8-14-24(25(21)17-32)20-9-7-13-23(15-20)27(22-11-5-4-6-12-22)26(35)31(3)28(29,30-27)36-19(2)34/h4-15,30H,16-17,29H2,1-3H3. The molecule has 1 fully saturated rings. The summed E-state index contributed by atoms with van der Waals surface area (Å²) in [6.07, 6.45) is 0. The monoisotopic (exact) mass is 484 g/mol. The number of nitrogens with one attached hydrogen (secondary N) is 1. The molecule has 3 aromatic rings. The molecule has 1 saturated heterocycles. The van der Waals surface area contributed by atoms with Crippen LogP contribution in [-0.2, 0) is 37.7 Å². The van der Waals surface area contributed by atoms with Crippen LogP contribution in [0.5, 0.6) is 0 Å². The Morgan fingerprint density at radius 3 is 2.33 bits per heavy atom. The molecule has 8 nitrogen and oxygen atoms in total. The highest BCUT2D eigenvalue weighted by atomic mass is 16.6. The molecule has 0 bridgehead atoms. The van der Waals surface area contributed by atoms with Gasteiger partial charge in [0.05, 0.1) is 0 Å². The van der Waals surface area contributed by atoms with Crippen LogP contribution in [0.2, 0.25) is 0 Å². The lowest BCUT2D eigenvalue weighted by Gasteiger charge is -2.32. The molecule has 0 aromatic heterocycles. The molecule has 2 atom stereocenters. The van der Waals surface area contributed by atoms with Gasteiger partial charge < -0.3 is 9.64 Å². The number of benzene rings is 3.